The van der Waals surface area contributed by atoms with E-state index in [4.69, 9.17) is 9.26 Å². The number of carbonyl (C=O) groups is 1. The van der Waals surface area contributed by atoms with Gasteiger partial charge in [0, 0.05) is 18.7 Å². The summed E-state index contributed by atoms with van der Waals surface area (Å²) in [5.74, 6) is 1.62. The fourth-order valence-electron chi connectivity index (χ4n) is 2.33. The molecule has 0 saturated carbocycles. The number of carbonyl (C=O) groups excluding carboxylic acids is 1. The molecule has 0 aliphatic heterocycles. The highest BCUT2D eigenvalue weighted by Gasteiger charge is 2.17. The molecule has 1 aromatic carbocycles. The Hall–Kier alpha value is -2.37. The summed E-state index contributed by atoms with van der Waals surface area (Å²) in [5, 5.41) is 3.95. The van der Waals surface area contributed by atoms with Gasteiger partial charge in [0.1, 0.15) is 12.2 Å². The molecule has 0 radical (unpaired) electrons. The van der Waals surface area contributed by atoms with Gasteiger partial charge in [0.25, 0.3) is 0 Å². The van der Waals surface area contributed by atoms with Crippen LogP contribution in [0.4, 0.5) is 0 Å². The minimum Gasteiger partial charge on any atom is -0.497 e. The summed E-state index contributed by atoms with van der Waals surface area (Å²) >= 11 is 0. The predicted molar refractivity (Wildman–Crippen MR) is 87.2 cm³/mol. The van der Waals surface area contributed by atoms with E-state index in [2.05, 4.69) is 24.0 Å². The second-order valence-corrected chi connectivity index (χ2v) is 5.30. The smallest absolute Gasteiger partial charge is 0.236 e. The lowest BCUT2D eigenvalue weighted by Gasteiger charge is -2.20. The van der Waals surface area contributed by atoms with Gasteiger partial charge < -0.3 is 14.2 Å². The lowest BCUT2D eigenvalue weighted by molar-refractivity contribution is -0.130. The highest BCUT2D eigenvalue weighted by Crippen LogP contribution is 2.19. The molecule has 0 saturated heterocycles. The average Bonchev–Trinajstić information content (AvgIpc) is 3.03. The molecule has 2 aromatic rings. The molecule has 0 N–H and O–H groups in total. The average molecular weight is 317 g/mol. The van der Waals surface area contributed by atoms with E-state index in [1.807, 2.05) is 29.2 Å². The summed E-state index contributed by atoms with van der Waals surface area (Å²) in [4.78, 5) is 18.5. The second-order valence-electron chi connectivity index (χ2n) is 5.30. The summed E-state index contributed by atoms with van der Waals surface area (Å²) in [6.45, 7) is 5.63. The molecule has 0 spiro atoms. The van der Waals surface area contributed by atoms with E-state index in [-0.39, 0.29) is 12.3 Å². The monoisotopic (exact) mass is 317 g/mol. The highest BCUT2D eigenvalue weighted by molar-refractivity contribution is 5.77. The van der Waals surface area contributed by atoms with Crippen LogP contribution in [0.3, 0.4) is 0 Å². The van der Waals surface area contributed by atoms with Crippen molar-refractivity contribution in [1.29, 1.82) is 0 Å². The van der Waals surface area contributed by atoms with Gasteiger partial charge in [-0.15, -0.1) is 0 Å². The van der Waals surface area contributed by atoms with E-state index >= 15 is 0 Å². The molecule has 6 nitrogen and oxygen atoms in total. The lowest BCUT2D eigenvalue weighted by Crippen LogP contribution is -2.33. The SMILES string of the molecule is CCCN(CCC)C(=O)Cc1nc(-c2ccc(OC)cc2)no1. The van der Waals surface area contributed by atoms with Crippen molar-refractivity contribution in [2.45, 2.75) is 33.1 Å². The fraction of sp³-hybridized carbons (Fsp3) is 0.471. The first kappa shape index (κ1) is 17.0. The number of benzene rings is 1. The molecule has 0 atom stereocenters. The molecule has 1 aromatic heterocycles. The van der Waals surface area contributed by atoms with Gasteiger partial charge in [0.2, 0.25) is 17.6 Å². The summed E-state index contributed by atoms with van der Waals surface area (Å²) in [6, 6.07) is 7.38. The lowest BCUT2D eigenvalue weighted by atomic mass is 10.2. The van der Waals surface area contributed by atoms with Gasteiger partial charge in [-0.1, -0.05) is 19.0 Å². The maximum atomic E-state index is 12.3. The number of hydrogen-bond acceptors (Lipinski definition) is 5. The van der Waals surface area contributed by atoms with E-state index in [1.54, 1.807) is 7.11 Å². The number of hydrogen-bond donors (Lipinski definition) is 0. The molecule has 0 aliphatic rings. The Morgan fingerprint density at radius 1 is 1.17 bits per heavy atom. The summed E-state index contributed by atoms with van der Waals surface area (Å²) < 4.78 is 10.3. The van der Waals surface area contributed by atoms with Gasteiger partial charge >= 0.3 is 0 Å². The molecule has 1 heterocycles. The van der Waals surface area contributed by atoms with Crippen LogP contribution in [-0.4, -0.2) is 41.1 Å². The Balaban J connectivity index is 2.04. The Kier molecular flexibility index (Phi) is 6.14. The molecule has 23 heavy (non-hydrogen) atoms. The van der Waals surface area contributed by atoms with Crippen molar-refractivity contribution in [3.05, 3.63) is 30.2 Å². The topological polar surface area (TPSA) is 68.5 Å². The zero-order valence-corrected chi connectivity index (χ0v) is 13.9. The Morgan fingerprint density at radius 3 is 2.39 bits per heavy atom. The minimum absolute atomic E-state index is 0.0265. The van der Waals surface area contributed by atoms with E-state index in [0.29, 0.717) is 11.7 Å². The van der Waals surface area contributed by atoms with Crippen molar-refractivity contribution in [1.82, 2.24) is 15.0 Å². The van der Waals surface area contributed by atoms with Crippen molar-refractivity contribution in [3.63, 3.8) is 0 Å². The molecule has 0 aliphatic carbocycles. The van der Waals surface area contributed by atoms with Gasteiger partial charge in [-0.25, -0.2) is 0 Å². The van der Waals surface area contributed by atoms with E-state index in [0.717, 1.165) is 37.2 Å². The Bertz CT molecular complexity index is 616. The van der Waals surface area contributed by atoms with Gasteiger partial charge in [-0.2, -0.15) is 4.98 Å². The van der Waals surface area contributed by atoms with Crippen molar-refractivity contribution < 1.29 is 14.1 Å². The van der Waals surface area contributed by atoms with Crippen LogP contribution in [0.15, 0.2) is 28.8 Å². The van der Waals surface area contributed by atoms with Crippen molar-refractivity contribution in [2.24, 2.45) is 0 Å². The van der Waals surface area contributed by atoms with E-state index in [9.17, 15) is 4.79 Å². The van der Waals surface area contributed by atoms with Crippen LogP contribution >= 0.6 is 0 Å². The third-order valence-electron chi connectivity index (χ3n) is 3.46. The van der Waals surface area contributed by atoms with Crippen LogP contribution in [0.5, 0.6) is 5.75 Å². The van der Waals surface area contributed by atoms with Crippen LogP contribution in [0.1, 0.15) is 32.6 Å². The number of methoxy groups -OCH3 is 1. The Labute approximate surface area is 136 Å². The molecular weight excluding hydrogens is 294 g/mol. The zero-order chi connectivity index (χ0) is 16.7. The molecule has 2 rings (SSSR count). The second kappa shape index (κ2) is 8.31. The van der Waals surface area contributed by atoms with Crippen LogP contribution in [0.2, 0.25) is 0 Å². The number of aromatic nitrogens is 2. The van der Waals surface area contributed by atoms with Gasteiger partial charge in [-0.05, 0) is 37.1 Å². The summed E-state index contributed by atoms with van der Waals surface area (Å²) in [6.07, 6.45) is 2.02. The maximum absolute atomic E-state index is 12.3. The number of rotatable bonds is 8. The van der Waals surface area contributed by atoms with Crippen LogP contribution in [0, 0.1) is 0 Å². The van der Waals surface area contributed by atoms with Crippen molar-refractivity contribution in [3.8, 4) is 17.1 Å². The zero-order valence-electron chi connectivity index (χ0n) is 13.9. The molecule has 0 unspecified atom stereocenters. The van der Waals surface area contributed by atoms with Crippen LogP contribution < -0.4 is 4.74 Å². The standard InChI is InChI=1S/C17H23N3O3/c1-4-10-20(11-5-2)16(21)12-15-18-17(19-23-15)13-6-8-14(22-3)9-7-13/h6-9H,4-5,10-12H2,1-3H3. The van der Waals surface area contributed by atoms with Gasteiger partial charge in [-0.3, -0.25) is 4.79 Å². The molecule has 1 amide bonds. The van der Waals surface area contributed by atoms with Gasteiger partial charge in [0.15, 0.2) is 0 Å². The minimum atomic E-state index is 0.0265. The van der Waals surface area contributed by atoms with Crippen LogP contribution in [0.25, 0.3) is 11.4 Å². The number of amides is 1. The first-order valence-electron chi connectivity index (χ1n) is 7.92. The predicted octanol–water partition coefficient (Wildman–Crippen LogP) is 2.94. The molecule has 124 valence electrons. The third-order valence-corrected chi connectivity index (χ3v) is 3.46. The van der Waals surface area contributed by atoms with Gasteiger partial charge in [0.05, 0.1) is 7.11 Å². The first-order chi connectivity index (χ1) is 11.2. The molecular formula is C17H23N3O3. The highest BCUT2D eigenvalue weighted by atomic mass is 16.5. The van der Waals surface area contributed by atoms with Crippen molar-refractivity contribution in [2.75, 3.05) is 20.2 Å². The number of nitrogens with zero attached hydrogens (tertiary/aromatic N) is 3. The number of ether oxygens (including phenoxy) is 1. The maximum Gasteiger partial charge on any atom is 0.236 e. The Morgan fingerprint density at radius 2 is 1.83 bits per heavy atom. The molecule has 0 fully saturated rings. The van der Waals surface area contributed by atoms with E-state index in [1.165, 1.54) is 0 Å². The van der Waals surface area contributed by atoms with Crippen molar-refractivity contribution >= 4 is 5.91 Å². The largest absolute Gasteiger partial charge is 0.497 e. The third kappa shape index (κ3) is 4.55. The van der Waals surface area contributed by atoms with E-state index < -0.39 is 0 Å². The summed E-state index contributed by atoms with van der Waals surface area (Å²) in [5.41, 5.74) is 0.826. The normalized spacial score (nSPS) is 10.6. The first-order valence-corrected chi connectivity index (χ1v) is 7.92. The molecule has 6 heteroatoms. The molecule has 0 bridgehead atoms. The van der Waals surface area contributed by atoms with Crippen LogP contribution in [-0.2, 0) is 11.2 Å². The summed E-state index contributed by atoms with van der Waals surface area (Å²) in [7, 11) is 1.62. The quantitative estimate of drug-likeness (QED) is 0.749. The fourth-order valence-corrected chi connectivity index (χ4v) is 2.33.